The van der Waals surface area contributed by atoms with Gasteiger partial charge in [-0.1, -0.05) is 25.0 Å². The Morgan fingerprint density at radius 3 is 2.29 bits per heavy atom. The third-order valence-electron chi connectivity index (χ3n) is 4.61. The number of benzene rings is 1. The molecule has 0 aliphatic heterocycles. The molecule has 3 rings (SSSR count). The lowest BCUT2D eigenvalue weighted by molar-refractivity contribution is -0.136. The number of hydrogen-bond acceptors (Lipinski definition) is 2. The number of carbonyl (C=O) groups excluding carboxylic acids is 2. The van der Waals surface area contributed by atoms with Crippen LogP contribution in [0.3, 0.4) is 0 Å². The molecule has 0 unspecified atom stereocenters. The van der Waals surface area contributed by atoms with E-state index in [1.807, 2.05) is 53.4 Å². The summed E-state index contributed by atoms with van der Waals surface area (Å²) in [6.07, 6.45) is 8.41. The highest BCUT2D eigenvalue weighted by atomic mass is 16.2. The summed E-state index contributed by atoms with van der Waals surface area (Å²) in [7, 11) is 0. The molecule has 1 heterocycles. The number of hydrogen-bond donors (Lipinski definition) is 1. The Bertz CT molecular complexity index is 686. The summed E-state index contributed by atoms with van der Waals surface area (Å²) in [6, 6.07) is 12.0. The van der Waals surface area contributed by atoms with E-state index in [9.17, 15) is 9.59 Å². The van der Waals surface area contributed by atoms with Gasteiger partial charge in [0.15, 0.2) is 0 Å². The van der Waals surface area contributed by atoms with E-state index in [0.29, 0.717) is 6.42 Å². The summed E-state index contributed by atoms with van der Waals surface area (Å²) in [5, 5.41) is 0. The second-order valence-corrected chi connectivity index (χ2v) is 6.36. The molecule has 2 aromatic rings. The molecular formula is C19H23N3O2. The van der Waals surface area contributed by atoms with Crippen LogP contribution in [-0.2, 0) is 16.0 Å². The minimum Gasteiger partial charge on any atom is -0.368 e. The minimum atomic E-state index is -0.446. The summed E-state index contributed by atoms with van der Waals surface area (Å²) in [5.74, 6) is -0.465. The number of nitrogens with two attached hydrogens (primary N) is 1. The maximum atomic E-state index is 12.7. The molecule has 1 aliphatic rings. The molecule has 5 heteroatoms. The van der Waals surface area contributed by atoms with Gasteiger partial charge in [0.1, 0.15) is 0 Å². The Labute approximate surface area is 142 Å². The van der Waals surface area contributed by atoms with E-state index in [2.05, 4.69) is 0 Å². The maximum absolute atomic E-state index is 12.7. The first-order valence-corrected chi connectivity index (χ1v) is 8.43. The number of amides is 2. The van der Waals surface area contributed by atoms with Gasteiger partial charge in [-0.2, -0.15) is 0 Å². The van der Waals surface area contributed by atoms with Crippen LogP contribution >= 0.6 is 0 Å². The molecule has 0 bridgehead atoms. The first kappa shape index (κ1) is 16.3. The van der Waals surface area contributed by atoms with Gasteiger partial charge >= 0.3 is 0 Å². The van der Waals surface area contributed by atoms with Crippen molar-refractivity contribution in [3.8, 4) is 5.69 Å². The fourth-order valence-corrected chi connectivity index (χ4v) is 3.37. The highest BCUT2D eigenvalue weighted by Crippen LogP contribution is 2.24. The van der Waals surface area contributed by atoms with Crippen molar-refractivity contribution in [1.82, 2.24) is 9.47 Å². The third-order valence-corrected chi connectivity index (χ3v) is 4.61. The Morgan fingerprint density at radius 1 is 1.08 bits per heavy atom. The van der Waals surface area contributed by atoms with Crippen LogP contribution in [0.4, 0.5) is 0 Å². The van der Waals surface area contributed by atoms with Crippen molar-refractivity contribution in [3.63, 3.8) is 0 Å². The number of primary amides is 1. The van der Waals surface area contributed by atoms with Crippen LogP contribution < -0.4 is 5.73 Å². The molecular weight excluding hydrogens is 302 g/mol. The average Bonchev–Trinajstić information content (AvgIpc) is 3.26. The van der Waals surface area contributed by atoms with E-state index in [4.69, 9.17) is 5.73 Å². The van der Waals surface area contributed by atoms with Gasteiger partial charge in [-0.25, -0.2) is 0 Å². The molecule has 0 spiro atoms. The summed E-state index contributed by atoms with van der Waals surface area (Å²) in [4.78, 5) is 25.7. The van der Waals surface area contributed by atoms with E-state index in [-0.39, 0.29) is 18.5 Å². The molecule has 1 aliphatic carbocycles. The summed E-state index contributed by atoms with van der Waals surface area (Å²) >= 11 is 0. The molecule has 1 saturated carbocycles. The van der Waals surface area contributed by atoms with Crippen LogP contribution in [0.1, 0.15) is 31.2 Å². The normalized spacial score (nSPS) is 14.7. The Morgan fingerprint density at radius 2 is 1.71 bits per heavy atom. The number of rotatable bonds is 6. The first-order valence-electron chi connectivity index (χ1n) is 8.43. The minimum absolute atomic E-state index is 0.0188. The molecule has 0 radical (unpaired) electrons. The SMILES string of the molecule is NC(=O)CN(C(=O)Cc1ccc(-n2cccc2)cc1)C1CCCC1. The Balaban J connectivity index is 1.68. The molecule has 1 fully saturated rings. The highest BCUT2D eigenvalue weighted by Gasteiger charge is 2.27. The Kier molecular flexibility index (Phi) is 4.99. The lowest BCUT2D eigenvalue weighted by atomic mass is 10.1. The van der Waals surface area contributed by atoms with Crippen molar-refractivity contribution in [2.45, 2.75) is 38.1 Å². The van der Waals surface area contributed by atoms with E-state index in [1.54, 1.807) is 4.90 Å². The zero-order valence-corrected chi connectivity index (χ0v) is 13.7. The topological polar surface area (TPSA) is 68.3 Å². The summed E-state index contributed by atoms with van der Waals surface area (Å²) in [6.45, 7) is 0.0188. The van der Waals surface area contributed by atoms with Crippen molar-refractivity contribution in [1.29, 1.82) is 0 Å². The Hall–Kier alpha value is -2.56. The largest absolute Gasteiger partial charge is 0.368 e. The highest BCUT2D eigenvalue weighted by molar-refractivity contribution is 5.85. The van der Waals surface area contributed by atoms with Gasteiger partial charge in [0, 0.05) is 24.1 Å². The molecule has 126 valence electrons. The van der Waals surface area contributed by atoms with E-state index in [1.165, 1.54) is 0 Å². The smallest absolute Gasteiger partial charge is 0.237 e. The average molecular weight is 325 g/mol. The van der Waals surface area contributed by atoms with Crippen LogP contribution in [0.25, 0.3) is 5.69 Å². The molecule has 2 amide bonds. The lowest BCUT2D eigenvalue weighted by Gasteiger charge is -2.28. The second kappa shape index (κ2) is 7.34. The standard InChI is InChI=1S/C19H23N3O2/c20-18(23)14-22(17-5-1-2-6-17)19(24)13-15-7-9-16(10-8-15)21-11-3-4-12-21/h3-4,7-12,17H,1-2,5-6,13-14H2,(H2,20,23). The van der Waals surface area contributed by atoms with E-state index >= 15 is 0 Å². The van der Waals surface area contributed by atoms with Crippen molar-refractivity contribution >= 4 is 11.8 Å². The lowest BCUT2D eigenvalue weighted by Crippen LogP contribution is -2.44. The zero-order chi connectivity index (χ0) is 16.9. The molecule has 2 N–H and O–H groups in total. The van der Waals surface area contributed by atoms with Crippen LogP contribution in [0.2, 0.25) is 0 Å². The van der Waals surface area contributed by atoms with Crippen molar-refractivity contribution < 1.29 is 9.59 Å². The van der Waals surface area contributed by atoms with E-state index < -0.39 is 5.91 Å². The van der Waals surface area contributed by atoms with Gasteiger partial charge in [-0.05, 0) is 42.7 Å². The van der Waals surface area contributed by atoms with Gasteiger partial charge in [-0.15, -0.1) is 0 Å². The molecule has 0 saturated heterocycles. The van der Waals surface area contributed by atoms with Crippen molar-refractivity contribution in [2.75, 3.05) is 6.54 Å². The van der Waals surface area contributed by atoms with Gasteiger partial charge in [0.05, 0.1) is 13.0 Å². The number of nitrogens with zero attached hydrogens (tertiary/aromatic N) is 2. The third kappa shape index (κ3) is 3.85. The number of carbonyl (C=O) groups is 2. The number of aromatic nitrogens is 1. The maximum Gasteiger partial charge on any atom is 0.237 e. The first-order chi connectivity index (χ1) is 11.6. The van der Waals surface area contributed by atoms with Crippen LogP contribution in [0, 0.1) is 0 Å². The predicted octanol–water partition coefficient (Wildman–Crippen LogP) is 2.28. The van der Waals surface area contributed by atoms with E-state index in [0.717, 1.165) is 36.9 Å². The fraction of sp³-hybridized carbons (Fsp3) is 0.368. The van der Waals surface area contributed by atoms with Gasteiger partial charge in [-0.3, -0.25) is 9.59 Å². The van der Waals surface area contributed by atoms with Crippen molar-refractivity contribution in [2.24, 2.45) is 5.73 Å². The molecule has 24 heavy (non-hydrogen) atoms. The molecule has 1 aromatic carbocycles. The quantitative estimate of drug-likeness (QED) is 0.885. The monoisotopic (exact) mass is 325 g/mol. The van der Waals surface area contributed by atoms with Gasteiger partial charge in [0.25, 0.3) is 0 Å². The summed E-state index contributed by atoms with van der Waals surface area (Å²) in [5.41, 5.74) is 7.33. The van der Waals surface area contributed by atoms with Crippen LogP contribution in [0.5, 0.6) is 0 Å². The molecule has 5 nitrogen and oxygen atoms in total. The van der Waals surface area contributed by atoms with Crippen LogP contribution in [-0.4, -0.2) is 33.9 Å². The fourth-order valence-electron chi connectivity index (χ4n) is 3.37. The van der Waals surface area contributed by atoms with Gasteiger partial charge < -0.3 is 15.2 Å². The van der Waals surface area contributed by atoms with Crippen LogP contribution in [0.15, 0.2) is 48.8 Å². The summed E-state index contributed by atoms with van der Waals surface area (Å²) < 4.78 is 2.02. The molecule has 0 atom stereocenters. The molecule has 1 aromatic heterocycles. The predicted molar refractivity (Wildman–Crippen MR) is 92.6 cm³/mol. The zero-order valence-electron chi connectivity index (χ0n) is 13.7. The van der Waals surface area contributed by atoms with Gasteiger partial charge in [0.2, 0.25) is 11.8 Å². The van der Waals surface area contributed by atoms with Crippen molar-refractivity contribution in [3.05, 3.63) is 54.4 Å². The second-order valence-electron chi connectivity index (χ2n) is 6.36.